The summed E-state index contributed by atoms with van der Waals surface area (Å²) in [6.07, 6.45) is 5.39. The summed E-state index contributed by atoms with van der Waals surface area (Å²) in [6.45, 7) is 0. The van der Waals surface area contributed by atoms with Gasteiger partial charge in [-0.2, -0.15) is 0 Å². The van der Waals surface area contributed by atoms with E-state index in [-0.39, 0.29) is 6.04 Å². The molecule has 0 amide bonds. The van der Waals surface area contributed by atoms with Crippen LogP contribution in [0.5, 0.6) is 0 Å². The number of hydrogen-bond donors (Lipinski definition) is 1. The van der Waals surface area contributed by atoms with E-state index >= 15 is 0 Å². The number of methoxy groups -OCH3 is 1. The van der Waals surface area contributed by atoms with E-state index in [2.05, 4.69) is 0 Å². The van der Waals surface area contributed by atoms with Crippen molar-refractivity contribution in [2.45, 2.75) is 37.8 Å². The van der Waals surface area contributed by atoms with Crippen LogP contribution in [0.4, 0.5) is 0 Å². The fourth-order valence-corrected chi connectivity index (χ4v) is 1.82. The summed E-state index contributed by atoms with van der Waals surface area (Å²) >= 11 is 0. The maximum absolute atomic E-state index is 10.4. The van der Waals surface area contributed by atoms with Crippen molar-refractivity contribution in [1.29, 1.82) is 0 Å². The van der Waals surface area contributed by atoms with Crippen LogP contribution in [-0.4, -0.2) is 25.5 Å². The van der Waals surface area contributed by atoms with E-state index < -0.39 is 0 Å². The fraction of sp³-hybridized carbons (Fsp3) is 0.889. The van der Waals surface area contributed by atoms with Gasteiger partial charge in [-0.25, -0.2) is 0 Å². The average Bonchev–Trinajstić information content (AvgIpc) is 2.17. The zero-order valence-electron chi connectivity index (χ0n) is 7.53. The standard InChI is InChI=1S/C9H17NO2/c1-12-8-4-2-7(3-5-8)9(10)6-11/h6-9H,2-5,10H2,1H3. The SMILES string of the molecule is COC1CCC(C(N)C=O)CC1. The maximum Gasteiger partial charge on any atom is 0.136 e. The number of ether oxygens (including phenoxy) is 1. The van der Waals surface area contributed by atoms with E-state index in [9.17, 15) is 4.79 Å². The lowest BCUT2D eigenvalue weighted by Gasteiger charge is -2.29. The molecule has 1 rings (SSSR count). The fourth-order valence-electron chi connectivity index (χ4n) is 1.82. The summed E-state index contributed by atoms with van der Waals surface area (Å²) in [5, 5.41) is 0. The molecule has 1 fully saturated rings. The van der Waals surface area contributed by atoms with Gasteiger partial charge in [0.25, 0.3) is 0 Å². The molecule has 2 N–H and O–H groups in total. The Morgan fingerprint density at radius 3 is 2.42 bits per heavy atom. The van der Waals surface area contributed by atoms with Crippen LogP contribution in [0.2, 0.25) is 0 Å². The van der Waals surface area contributed by atoms with Crippen molar-refractivity contribution in [2.75, 3.05) is 7.11 Å². The molecular weight excluding hydrogens is 154 g/mol. The molecule has 1 saturated carbocycles. The molecule has 0 radical (unpaired) electrons. The Hall–Kier alpha value is -0.410. The molecule has 1 aliphatic rings. The van der Waals surface area contributed by atoms with Crippen LogP contribution in [0.3, 0.4) is 0 Å². The first-order valence-electron chi connectivity index (χ1n) is 4.51. The van der Waals surface area contributed by atoms with Crippen LogP contribution >= 0.6 is 0 Å². The molecule has 0 aromatic carbocycles. The predicted octanol–water partition coefficient (Wildman–Crippen LogP) is 0.718. The van der Waals surface area contributed by atoms with Gasteiger partial charge in [0.05, 0.1) is 12.1 Å². The summed E-state index contributed by atoms with van der Waals surface area (Å²) in [5.74, 6) is 0.383. The first-order chi connectivity index (χ1) is 5.77. The predicted molar refractivity (Wildman–Crippen MR) is 46.8 cm³/mol. The van der Waals surface area contributed by atoms with Gasteiger partial charge in [-0.15, -0.1) is 0 Å². The monoisotopic (exact) mass is 171 g/mol. The molecular formula is C9H17NO2. The first-order valence-corrected chi connectivity index (χ1v) is 4.51. The highest BCUT2D eigenvalue weighted by molar-refractivity contribution is 5.57. The number of aldehydes is 1. The topological polar surface area (TPSA) is 52.3 Å². The highest BCUT2D eigenvalue weighted by atomic mass is 16.5. The van der Waals surface area contributed by atoms with Gasteiger partial charge in [-0.05, 0) is 31.6 Å². The third kappa shape index (κ3) is 2.29. The second-order valence-corrected chi connectivity index (χ2v) is 3.49. The summed E-state index contributed by atoms with van der Waals surface area (Å²) in [5.41, 5.74) is 5.63. The Bertz CT molecular complexity index is 141. The van der Waals surface area contributed by atoms with Crippen LogP contribution in [0.1, 0.15) is 25.7 Å². The number of carbonyl (C=O) groups is 1. The van der Waals surface area contributed by atoms with Gasteiger partial charge >= 0.3 is 0 Å². The number of hydrogen-bond acceptors (Lipinski definition) is 3. The molecule has 0 spiro atoms. The zero-order valence-corrected chi connectivity index (χ0v) is 7.53. The van der Waals surface area contributed by atoms with E-state index in [1.807, 2.05) is 0 Å². The molecule has 3 nitrogen and oxygen atoms in total. The maximum atomic E-state index is 10.4. The zero-order chi connectivity index (χ0) is 8.97. The van der Waals surface area contributed by atoms with E-state index in [0.717, 1.165) is 32.0 Å². The van der Waals surface area contributed by atoms with Crippen LogP contribution in [0, 0.1) is 5.92 Å². The van der Waals surface area contributed by atoms with E-state index in [1.165, 1.54) is 0 Å². The molecule has 0 aromatic rings. The van der Waals surface area contributed by atoms with Gasteiger partial charge in [0.15, 0.2) is 0 Å². The van der Waals surface area contributed by atoms with Crippen LogP contribution in [0.15, 0.2) is 0 Å². The Kier molecular flexibility index (Phi) is 3.69. The van der Waals surface area contributed by atoms with Gasteiger partial charge in [0.2, 0.25) is 0 Å². The number of nitrogens with two attached hydrogens (primary N) is 1. The summed E-state index contributed by atoms with van der Waals surface area (Å²) in [7, 11) is 1.74. The van der Waals surface area contributed by atoms with Crippen molar-refractivity contribution in [3.05, 3.63) is 0 Å². The minimum atomic E-state index is -0.261. The van der Waals surface area contributed by atoms with Gasteiger partial charge in [0.1, 0.15) is 6.29 Å². The lowest BCUT2D eigenvalue weighted by Crippen LogP contribution is -2.35. The van der Waals surface area contributed by atoms with Crippen LogP contribution < -0.4 is 5.73 Å². The molecule has 1 aliphatic carbocycles. The lowest BCUT2D eigenvalue weighted by molar-refractivity contribution is -0.110. The Balaban J connectivity index is 2.30. The average molecular weight is 171 g/mol. The van der Waals surface area contributed by atoms with E-state index in [4.69, 9.17) is 10.5 Å². The molecule has 0 aliphatic heterocycles. The van der Waals surface area contributed by atoms with Crippen LogP contribution in [0.25, 0.3) is 0 Å². The number of rotatable bonds is 3. The van der Waals surface area contributed by atoms with E-state index in [0.29, 0.717) is 12.0 Å². The minimum Gasteiger partial charge on any atom is -0.381 e. The van der Waals surface area contributed by atoms with Crippen molar-refractivity contribution < 1.29 is 9.53 Å². The molecule has 3 heteroatoms. The van der Waals surface area contributed by atoms with Gasteiger partial charge in [0, 0.05) is 7.11 Å². The lowest BCUT2D eigenvalue weighted by atomic mass is 9.83. The molecule has 0 bridgehead atoms. The quantitative estimate of drug-likeness (QED) is 0.636. The van der Waals surface area contributed by atoms with Gasteiger partial charge < -0.3 is 15.3 Å². The van der Waals surface area contributed by atoms with Gasteiger partial charge in [-0.1, -0.05) is 0 Å². The summed E-state index contributed by atoms with van der Waals surface area (Å²) < 4.78 is 5.22. The van der Waals surface area contributed by atoms with Crippen molar-refractivity contribution in [3.8, 4) is 0 Å². The smallest absolute Gasteiger partial charge is 0.136 e. The summed E-state index contributed by atoms with van der Waals surface area (Å²) in [6, 6.07) is -0.261. The minimum absolute atomic E-state index is 0.261. The Labute approximate surface area is 73.3 Å². The first kappa shape index (κ1) is 9.68. The highest BCUT2D eigenvalue weighted by Crippen LogP contribution is 2.26. The molecule has 0 aromatic heterocycles. The molecule has 1 atom stereocenters. The van der Waals surface area contributed by atoms with E-state index in [1.54, 1.807) is 7.11 Å². The Morgan fingerprint density at radius 1 is 1.42 bits per heavy atom. The van der Waals surface area contributed by atoms with Crippen molar-refractivity contribution in [1.82, 2.24) is 0 Å². The summed E-state index contributed by atoms with van der Waals surface area (Å²) in [4.78, 5) is 10.4. The molecule has 0 heterocycles. The van der Waals surface area contributed by atoms with Crippen molar-refractivity contribution >= 4 is 6.29 Å². The molecule has 0 saturated heterocycles. The second-order valence-electron chi connectivity index (χ2n) is 3.49. The van der Waals surface area contributed by atoms with Crippen molar-refractivity contribution in [2.24, 2.45) is 11.7 Å². The Morgan fingerprint density at radius 2 is 2.00 bits per heavy atom. The largest absolute Gasteiger partial charge is 0.381 e. The third-order valence-electron chi connectivity index (χ3n) is 2.75. The van der Waals surface area contributed by atoms with Crippen molar-refractivity contribution in [3.63, 3.8) is 0 Å². The molecule has 1 unspecified atom stereocenters. The second kappa shape index (κ2) is 4.58. The number of carbonyl (C=O) groups excluding carboxylic acids is 1. The normalized spacial score (nSPS) is 32.8. The van der Waals surface area contributed by atoms with Gasteiger partial charge in [-0.3, -0.25) is 0 Å². The molecule has 70 valence electrons. The van der Waals surface area contributed by atoms with Crippen LogP contribution in [-0.2, 0) is 9.53 Å². The third-order valence-corrected chi connectivity index (χ3v) is 2.75. The molecule has 12 heavy (non-hydrogen) atoms. The highest BCUT2D eigenvalue weighted by Gasteiger charge is 2.24.